The van der Waals surface area contributed by atoms with Crippen LogP contribution in [-0.4, -0.2) is 25.4 Å². The minimum atomic E-state index is -4.41. The van der Waals surface area contributed by atoms with E-state index in [2.05, 4.69) is 15.5 Å². The number of aromatic nitrogens is 1. The Hall–Kier alpha value is -2.77. The molecule has 0 unspecified atom stereocenters. The summed E-state index contributed by atoms with van der Waals surface area (Å²) in [6.45, 7) is 0. The van der Waals surface area contributed by atoms with Gasteiger partial charge in [-0.15, -0.1) is 0 Å². The van der Waals surface area contributed by atoms with Crippen LogP contribution in [0.4, 0.5) is 19.0 Å². The van der Waals surface area contributed by atoms with Crippen molar-refractivity contribution in [3.05, 3.63) is 47.7 Å². The third-order valence-corrected chi connectivity index (χ3v) is 2.91. The van der Waals surface area contributed by atoms with Crippen LogP contribution in [0.5, 0.6) is 11.5 Å². The third kappa shape index (κ3) is 4.35. The highest BCUT2D eigenvalue weighted by Gasteiger charge is 2.30. The van der Waals surface area contributed by atoms with Crippen LogP contribution >= 0.6 is 0 Å². The van der Waals surface area contributed by atoms with Gasteiger partial charge in [0.2, 0.25) is 0 Å². The summed E-state index contributed by atoms with van der Waals surface area (Å²) < 4.78 is 47.6. The molecule has 23 heavy (non-hydrogen) atoms. The normalized spacial score (nSPS) is 11.5. The Balaban J connectivity index is 2.07. The van der Waals surface area contributed by atoms with Crippen molar-refractivity contribution in [1.29, 1.82) is 0 Å². The number of nitrogens with one attached hydrogen (secondary N) is 1. The van der Waals surface area contributed by atoms with Gasteiger partial charge in [0, 0.05) is 17.8 Å². The van der Waals surface area contributed by atoms with Gasteiger partial charge in [-0.2, -0.15) is 18.3 Å². The fraction of sp³-hybridized carbons (Fsp3) is 0.200. The molecule has 0 saturated heterocycles. The van der Waals surface area contributed by atoms with Crippen LogP contribution in [0, 0.1) is 0 Å². The highest BCUT2D eigenvalue weighted by molar-refractivity contribution is 5.84. The number of alkyl halides is 3. The molecule has 1 aromatic heterocycles. The Morgan fingerprint density at radius 1 is 1.13 bits per heavy atom. The number of ether oxygens (including phenoxy) is 2. The lowest BCUT2D eigenvalue weighted by Crippen LogP contribution is -2.05. The van der Waals surface area contributed by atoms with Gasteiger partial charge in [-0.05, 0) is 24.3 Å². The quantitative estimate of drug-likeness (QED) is 0.674. The minimum absolute atomic E-state index is 0.196. The number of halogens is 3. The molecule has 5 nitrogen and oxygen atoms in total. The van der Waals surface area contributed by atoms with Crippen LogP contribution in [0.25, 0.3) is 0 Å². The number of anilines is 1. The molecular formula is C15H14F3N3O2. The van der Waals surface area contributed by atoms with Crippen molar-refractivity contribution in [2.45, 2.75) is 6.18 Å². The van der Waals surface area contributed by atoms with Gasteiger partial charge in [0.1, 0.15) is 17.3 Å². The molecule has 0 spiro atoms. The van der Waals surface area contributed by atoms with Crippen LogP contribution < -0.4 is 14.9 Å². The lowest BCUT2D eigenvalue weighted by molar-refractivity contribution is -0.137. The molecule has 0 amide bonds. The molecule has 122 valence electrons. The Morgan fingerprint density at radius 2 is 1.91 bits per heavy atom. The van der Waals surface area contributed by atoms with Crippen LogP contribution in [0.2, 0.25) is 0 Å². The smallest absolute Gasteiger partial charge is 0.417 e. The maximum atomic E-state index is 12.4. The zero-order valence-electron chi connectivity index (χ0n) is 12.4. The molecule has 8 heteroatoms. The second-order valence-corrected chi connectivity index (χ2v) is 4.41. The Labute approximate surface area is 130 Å². The van der Waals surface area contributed by atoms with Gasteiger partial charge in [0.25, 0.3) is 0 Å². The highest BCUT2D eigenvalue weighted by atomic mass is 19.4. The first-order valence-electron chi connectivity index (χ1n) is 6.48. The fourth-order valence-corrected chi connectivity index (χ4v) is 1.72. The van der Waals surface area contributed by atoms with Crippen LogP contribution in [0.1, 0.15) is 11.1 Å². The van der Waals surface area contributed by atoms with Crippen molar-refractivity contribution in [3.63, 3.8) is 0 Å². The molecule has 0 saturated carbocycles. The summed E-state index contributed by atoms with van der Waals surface area (Å²) in [7, 11) is 3.05. The number of pyridine rings is 1. The first-order chi connectivity index (χ1) is 10.9. The molecule has 0 atom stereocenters. The summed E-state index contributed by atoms with van der Waals surface area (Å²) in [5, 5.41) is 3.93. The van der Waals surface area contributed by atoms with E-state index in [1.807, 2.05) is 0 Å². The summed E-state index contributed by atoms with van der Waals surface area (Å²) in [5.41, 5.74) is 2.41. The Morgan fingerprint density at radius 3 is 2.48 bits per heavy atom. The number of rotatable bonds is 5. The molecule has 2 rings (SSSR count). The molecule has 2 aromatic rings. The van der Waals surface area contributed by atoms with Crippen molar-refractivity contribution in [3.8, 4) is 11.5 Å². The molecule has 0 aliphatic rings. The molecule has 0 fully saturated rings. The van der Waals surface area contributed by atoms with Crippen LogP contribution in [-0.2, 0) is 6.18 Å². The number of methoxy groups -OCH3 is 2. The molecule has 0 aliphatic heterocycles. The summed E-state index contributed by atoms with van der Waals surface area (Å²) in [6.07, 6.45) is -2.20. The van der Waals surface area contributed by atoms with Crippen molar-refractivity contribution in [1.82, 2.24) is 4.98 Å². The van der Waals surface area contributed by atoms with Crippen LogP contribution in [0.15, 0.2) is 41.6 Å². The number of hydrazone groups is 1. The Bertz CT molecular complexity index is 685. The summed E-state index contributed by atoms with van der Waals surface area (Å²) in [6, 6.07) is 7.30. The predicted molar refractivity (Wildman–Crippen MR) is 80.0 cm³/mol. The van der Waals surface area contributed by atoms with E-state index in [1.165, 1.54) is 19.4 Å². The van der Waals surface area contributed by atoms with Gasteiger partial charge < -0.3 is 9.47 Å². The standard InChI is InChI=1S/C15H14F3N3O2/c1-22-12-5-3-10(13(7-12)23-2)8-20-21-14-6-4-11(9-19-14)15(16,17)18/h3-9H,1-2H3,(H,19,21)/b20-8+. The molecule has 1 N–H and O–H groups in total. The zero-order valence-corrected chi connectivity index (χ0v) is 12.4. The first kappa shape index (κ1) is 16.6. The minimum Gasteiger partial charge on any atom is -0.497 e. The van der Waals surface area contributed by atoms with Gasteiger partial charge >= 0.3 is 6.18 Å². The molecule has 1 aromatic carbocycles. The SMILES string of the molecule is COc1ccc(/C=N/Nc2ccc(C(F)(F)F)cn2)c(OC)c1. The van der Waals surface area contributed by atoms with Gasteiger partial charge in [-0.25, -0.2) is 4.98 Å². The fourth-order valence-electron chi connectivity index (χ4n) is 1.72. The summed E-state index contributed by atoms with van der Waals surface area (Å²) in [4.78, 5) is 3.65. The number of hydrogen-bond acceptors (Lipinski definition) is 5. The second-order valence-electron chi connectivity index (χ2n) is 4.41. The van der Waals surface area contributed by atoms with E-state index in [0.717, 1.165) is 12.3 Å². The second kappa shape index (κ2) is 6.99. The Kier molecular flexibility index (Phi) is 5.05. The lowest BCUT2D eigenvalue weighted by Gasteiger charge is -2.07. The van der Waals surface area contributed by atoms with E-state index in [0.29, 0.717) is 17.1 Å². The van der Waals surface area contributed by atoms with E-state index < -0.39 is 11.7 Å². The van der Waals surface area contributed by atoms with Crippen molar-refractivity contribution >= 4 is 12.0 Å². The first-order valence-corrected chi connectivity index (χ1v) is 6.48. The van der Waals surface area contributed by atoms with E-state index in [-0.39, 0.29) is 5.82 Å². The van der Waals surface area contributed by atoms with Gasteiger partial charge in [-0.3, -0.25) is 5.43 Å². The molecular weight excluding hydrogens is 311 g/mol. The maximum absolute atomic E-state index is 12.4. The molecule has 0 aliphatic carbocycles. The monoisotopic (exact) mass is 325 g/mol. The zero-order chi connectivity index (χ0) is 16.9. The maximum Gasteiger partial charge on any atom is 0.417 e. The molecule has 0 bridgehead atoms. The average molecular weight is 325 g/mol. The van der Waals surface area contributed by atoms with Gasteiger partial charge in [0.15, 0.2) is 0 Å². The highest BCUT2D eigenvalue weighted by Crippen LogP contribution is 2.28. The van der Waals surface area contributed by atoms with Crippen molar-refractivity contribution in [2.75, 3.05) is 19.6 Å². The van der Waals surface area contributed by atoms with E-state index in [9.17, 15) is 13.2 Å². The van der Waals surface area contributed by atoms with E-state index in [4.69, 9.17) is 9.47 Å². The van der Waals surface area contributed by atoms with Gasteiger partial charge in [-0.1, -0.05) is 0 Å². The lowest BCUT2D eigenvalue weighted by atomic mass is 10.2. The summed E-state index contributed by atoms with van der Waals surface area (Å²) in [5.74, 6) is 1.38. The van der Waals surface area contributed by atoms with Gasteiger partial charge in [0.05, 0.1) is 26.0 Å². The summed E-state index contributed by atoms with van der Waals surface area (Å²) >= 11 is 0. The largest absolute Gasteiger partial charge is 0.497 e. The number of benzene rings is 1. The van der Waals surface area contributed by atoms with Crippen molar-refractivity contribution < 1.29 is 22.6 Å². The predicted octanol–water partition coefficient (Wildman–Crippen LogP) is 3.56. The topological polar surface area (TPSA) is 55.7 Å². The van der Waals surface area contributed by atoms with Crippen molar-refractivity contribution in [2.24, 2.45) is 5.10 Å². The van der Waals surface area contributed by atoms with E-state index in [1.54, 1.807) is 25.3 Å². The molecule has 0 radical (unpaired) electrons. The number of nitrogens with zero attached hydrogens (tertiary/aromatic N) is 2. The number of hydrogen-bond donors (Lipinski definition) is 1. The van der Waals surface area contributed by atoms with Crippen LogP contribution in [0.3, 0.4) is 0 Å². The average Bonchev–Trinajstić information content (AvgIpc) is 2.54. The van der Waals surface area contributed by atoms with E-state index >= 15 is 0 Å². The third-order valence-electron chi connectivity index (χ3n) is 2.91. The molecule has 1 heterocycles.